The van der Waals surface area contributed by atoms with E-state index in [0.717, 1.165) is 34.6 Å². The zero-order valence-corrected chi connectivity index (χ0v) is 13.6. The Kier molecular flexibility index (Phi) is 5.13. The summed E-state index contributed by atoms with van der Waals surface area (Å²) in [6.45, 7) is 3.37. The molecule has 0 unspecified atom stereocenters. The van der Waals surface area contributed by atoms with Crippen LogP contribution in [0.15, 0.2) is 66.1 Å². The molecule has 0 fully saturated rings. The number of hydrogen-bond donors (Lipinski definition) is 0. The molecule has 0 radical (unpaired) electrons. The summed E-state index contributed by atoms with van der Waals surface area (Å²) >= 11 is 0. The SMILES string of the molecule is C=CCN(c1cccc([N+](=O)[O-])c1)S(=O)(=O)c1ccc([N+](=O)[O-])cc1. The molecule has 9 nitrogen and oxygen atoms in total. The molecule has 0 spiro atoms. The van der Waals surface area contributed by atoms with E-state index in [-0.39, 0.29) is 28.5 Å². The molecule has 0 heterocycles. The van der Waals surface area contributed by atoms with Gasteiger partial charge in [0.05, 0.1) is 27.0 Å². The minimum Gasteiger partial charge on any atom is -0.262 e. The number of nitro benzene ring substituents is 2. The van der Waals surface area contributed by atoms with E-state index in [9.17, 15) is 28.6 Å². The molecular weight excluding hydrogens is 350 g/mol. The maximum absolute atomic E-state index is 12.8. The lowest BCUT2D eigenvalue weighted by molar-refractivity contribution is -0.385. The first-order chi connectivity index (χ1) is 11.8. The fourth-order valence-electron chi connectivity index (χ4n) is 2.09. The quantitative estimate of drug-likeness (QED) is 0.423. The molecule has 10 heteroatoms. The van der Waals surface area contributed by atoms with E-state index in [1.54, 1.807) is 0 Å². The van der Waals surface area contributed by atoms with Crippen molar-refractivity contribution in [3.8, 4) is 0 Å². The second-order valence-corrected chi connectivity index (χ2v) is 6.72. The third-order valence-corrected chi connectivity index (χ3v) is 5.07. The monoisotopic (exact) mass is 363 g/mol. The van der Waals surface area contributed by atoms with E-state index in [1.807, 2.05) is 0 Å². The predicted molar refractivity (Wildman–Crippen MR) is 90.9 cm³/mol. The molecule has 2 aromatic rings. The summed E-state index contributed by atoms with van der Waals surface area (Å²) < 4.78 is 26.6. The lowest BCUT2D eigenvalue weighted by Gasteiger charge is -2.22. The summed E-state index contributed by atoms with van der Waals surface area (Å²) in [5, 5.41) is 21.6. The highest BCUT2D eigenvalue weighted by molar-refractivity contribution is 7.92. The molecule has 130 valence electrons. The summed E-state index contributed by atoms with van der Waals surface area (Å²) in [6.07, 6.45) is 1.34. The van der Waals surface area contributed by atoms with Crippen LogP contribution in [0.3, 0.4) is 0 Å². The Labute approximate surface area is 143 Å². The number of nitro groups is 2. The molecule has 25 heavy (non-hydrogen) atoms. The van der Waals surface area contributed by atoms with Gasteiger partial charge in [0, 0.05) is 24.3 Å². The molecule has 2 aromatic carbocycles. The van der Waals surface area contributed by atoms with Gasteiger partial charge in [0.25, 0.3) is 21.4 Å². The Morgan fingerprint density at radius 2 is 1.60 bits per heavy atom. The Morgan fingerprint density at radius 1 is 1.00 bits per heavy atom. The van der Waals surface area contributed by atoms with Crippen LogP contribution >= 0.6 is 0 Å². The minimum absolute atomic E-state index is 0.0902. The maximum Gasteiger partial charge on any atom is 0.271 e. The van der Waals surface area contributed by atoms with Crippen LogP contribution in [0.1, 0.15) is 0 Å². The van der Waals surface area contributed by atoms with Gasteiger partial charge in [-0.2, -0.15) is 0 Å². The Morgan fingerprint density at radius 3 is 2.12 bits per heavy atom. The van der Waals surface area contributed by atoms with Gasteiger partial charge in [-0.3, -0.25) is 24.5 Å². The van der Waals surface area contributed by atoms with Crippen LogP contribution in [0.25, 0.3) is 0 Å². The van der Waals surface area contributed by atoms with E-state index in [4.69, 9.17) is 0 Å². The topological polar surface area (TPSA) is 124 Å². The van der Waals surface area contributed by atoms with Gasteiger partial charge in [-0.15, -0.1) is 6.58 Å². The Bertz CT molecular complexity index is 925. The van der Waals surface area contributed by atoms with E-state index < -0.39 is 19.9 Å². The van der Waals surface area contributed by atoms with Crippen LogP contribution in [-0.4, -0.2) is 24.8 Å². The highest BCUT2D eigenvalue weighted by atomic mass is 32.2. The second-order valence-electron chi connectivity index (χ2n) is 4.85. The first-order valence-electron chi connectivity index (χ1n) is 6.90. The zero-order chi connectivity index (χ0) is 18.6. The van der Waals surface area contributed by atoms with Crippen molar-refractivity contribution in [1.29, 1.82) is 0 Å². The van der Waals surface area contributed by atoms with Crippen LogP contribution in [-0.2, 0) is 10.0 Å². The molecule has 0 atom stereocenters. The van der Waals surface area contributed by atoms with Crippen LogP contribution < -0.4 is 4.31 Å². The third kappa shape index (κ3) is 3.80. The number of hydrogen-bond acceptors (Lipinski definition) is 6. The maximum atomic E-state index is 12.8. The zero-order valence-electron chi connectivity index (χ0n) is 12.8. The summed E-state index contributed by atoms with van der Waals surface area (Å²) in [6, 6.07) is 9.54. The lowest BCUT2D eigenvalue weighted by atomic mass is 10.3. The van der Waals surface area contributed by atoms with E-state index in [0.29, 0.717) is 0 Å². The molecule has 0 saturated heterocycles. The van der Waals surface area contributed by atoms with Crippen molar-refractivity contribution in [3.05, 3.63) is 81.4 Å². The number of benzene rings is 2. The summed E-state index contributed by atoms with van der Waals surface area (Å²) in [5.74, 6) is 0. The van der Waals surface area contributed by atoms with Gasteiger partial charge in [0.2, 0.25) is 0 Å². The van der Waals surface area contributed by atoms with Crippen molar-refractivity contribution < 1.29 is 18.3 Å². The number of sulfonamides is 1. The molecule has 0 aliphatic rings. The Balaban J connectivity index is 2.51. The molecule has 0 bridgehead atoms. The normalized spacial score (nSPS) is 10.9. The fourth-order valence-corrected chi connectivity index (χ4v) is 3.52. The van der Waals surface area contributed by atoms with Gasteiger partial charge in [0.15, 0.2) is 0 Å². The highest BCUT2D eigenvalue weighted by Gasteiger charge is 2.25. The third-order valence-electron chi connectivity index (χ3n) is 3.26. The fraction of sp³-hybridized carbons (Fsp3) is 0.0667. The predicted octanol–water partition coefficient (Wildman–Crippen LogP) is 2.88. The minimum atomic E-state index is -4.08. The molecule has 0 N–H and O–H groups in total. The first kappa shape index (κ1) is 18.1. The molecular formula is C15H13N3O6S. The molecule has 2 rings (SSSR count). The second kappa shape index (κ2) is 7.09. The molecule has 0 amide bonds. The average Bonchev–Trinajstić information content (AvgIpc) is 2.59. The number of rotatable bonds is 7. The van der Waals surface area contributed by atoms with Gasteiger partial charge >= 0.3 is 0 Å². The summed E-state index contributed by atoms with van der Waals surface area (Å²) in [4.78, 5) is 20.2. The first-order valence-corrected chi connectivity index (χ1v) is 8.34. The largest absolute Gasteiger partial charge is 0.271 e. The highest BCUT2D eigenvalue weighted by Crippen LogP contribution is 2.27. The van der Waals surface area contributed by atoms with Crippen molar-refractivity contribution in [2.75, 3.05) is 10.8 Å². The average molecular weight is 363 g/mol. The van der Waals surface area contributed by atoms with Crippen LogP contribution in [0.2, 0.25) is 0 Å². The van der Waals surface area contributed by atoms with Crippen LogP contribution in [0.4, 0.5) is 17.1 Å². The standard InChI is InChI=1S/C15H13N3O6S/c1-2-10-16(13-4-3-5-14(11-13)18(21)22)25(23,24)15-8-6-12(7-9-15)17(19)20/h2-9,11H,1,10H2. The molecule has 0 aliphatic heterocycles. The van der Waals surface area contributed by atoms with E-state index in [2.05, 4.69) is 6.58 Å². The molecule has 0 aliphatic carbocycles. The Hall–Kier alpha value is -3.27. The smallest absolute Gasteiger partial charge is 0.262 e. The molecule has 0 aromatic heterocycles. The van der Waals surface area contributed by atoms with Crippen molar-refractivity contribution in [3.63, 3.8) is 0 Å². The van der Waals surface area contributed by atoms with Gasteiger partial charge in [-0.05, 0) is 18.2 Å². The lowest BCUT2D eigenvalue weighted by Crippen LogP contribution is -2.31. The van der Waals surface area contributed by atoms with Crippen molar-refractivity contribution in [1.82, 2.24) is 0 Å². The van der Waals surface area contributed by atoms with Gasteiger partial charge < -0.3 is 0 Å². The van der Waals surface area contributed by atoms with E-state index >= 15 is 0 Å². The van der Waals surface area contributed by atoms with Crippen LogP contribution in [0.5, 0.6) is 0 Å². The van der Waals surface area contributed by atoms with Gasteiger partial charge in [-0.25, -0.2) is 8.42 Å². The summed E-state index contributed by atoms with van der Waals surface area (Å²) in [5.41, 5.74) is -0.414. The number of non-ortho nitro benzene ring substituents is 2. The van der Waals surface area contributed by atoms with Crippen molar-refractivity contribution in [2.45, 2.75) is 4.90 Å². The van der Waals surface area contributed by atoms with Gasteiger partial charge in [0.1, 0.15) is 0 Å². The van der Waals surface area contributed by atoms with Crippen molar-refractivity contribution in [2.24, 2.45) is 0 Å². The van der Waals surface area contributed by atoms with Crippen LogP contribution in [0, 0.1) is 20.2 Å². The number of anilines is 1. The van der Waals surface area contributed by atoms with E-state index in [1.165, 1.54) is 24.3 Å². The van der Waals surface area contributed by atoms with Gasteiger partial charge in [-0.1, -0.05) is 12.1 Å². The summed E-state index contributed by atoms with van der Waals surface area (Å²) in [7, 11) is -4.08. The molecule has 0 saturated carbocycles. The van der Waals surface area contributed by atoms with Crippen molar-refractivity contribution >= 4 is 27.1 Å². The number of nitrogens with zero attached hydrogens (tertiary/aromatic N) is 3.